The minimum Gasteiger partial charge on any atom is -0.393 e. The minimum absolute atomic E-state index is 0.126. The largest absolute Gasteiger partial charge is 0.393 e. The van der Waals surface area contributed by atoms with Gasteiger partial charge in [-0.15, -0.1) is 0 Å². The van der Waals surface area contributed by atoms with Crippen LogP contribution in [0.3, 0.4) is 0 Å². The second-order valence-corrected chi connectivity index (χ2v) is 12.9. The average Bonchev–Trinajstić information content (AvgIpc) is 3.51. The highest BCUT2D eigenvalue weighted by atomic mass is 16.3. The zero-order chi connectivity index (χ0) is 25.2. The predicted octanol–water partition coefficient (Wildman–Crippen LogP) is 7.95. The second-order valence-electron chi connectivity index (χ2n) is 12.9. The molecule has 3 fully saturated rings. The molecule has 1 N–H and O–H groups in total. The van der Waals surface area contributed by atoms with Crippen LogP contribution in [0.25, 0.3) is 16.9 Å². The van der Waals surface area contributed by atoms with Gasteiger partial charge < -0.3 is 5.11 Å². The third kappa shape index (κ3) is 3.61. The van der Waals surface area contributed by atoms with E-state index in [-0.39, 0.29) is 6.10 Å². The van der Waals surface area contributed by atoms with Crippen molar-refractivity contribution in [3.05, 3.63) is 84.1 Å². The van der Waals surface area contributed by atoms with Gasteiger partial charge in [0.15, 0.2) is 0 Å². The summed E-state index contributed by atoms with van der Waals surface area (Å²) in [5.74, 6) is 2.83. The highest BCUT2D eigenvalue weighted by molar-refractivity contribution is 5.63. The quantitative estimate of drug-likeness (QED) is 0.377. The SMILES string of the molecule is C[C@]12CC[C@H]3[C@@H](CC=C4C[C@@H](O)CC[C@@]43C)[C@@H]1CC[C@@H]2c1cc(-c2ccccc2)n(-c2ccccc2)n1. The van der Waals surface area contributed by atoms with Crippen LogP contribution >= 0.6 is 0 Å². The van der Waals surface area contributed by atoms with E-state index in [1.165, 1.54) is 49.1 Å². The van der Waals surface area contributed by atoms with E-state index >= 15 is 0 Å². The van der Waals surface area contributed by atoms with Crippen LogP contribution in [0.4, 0.5) is 0 Å². The van der Waals surface area contributed by atoms with Crippen molar-refractivity contribution in [2.75, 3.05) is 0 Å². The molecule has 1 aromatic heterocycles. The van der Waals surface area contributed by atoms with Crippen LogP contribution < -0.4 is 0 Å². The summed E-state index contributed by atoms with van der Waals surface area (Å²) in [4.78, 5) is 0. The number of hydrogen-bond donors (Lipinski definition) is 1. The summed E-state index contributed by atoms with van der Waals surface area (Å²) in [7, 11) is 0. The van der Waals surface area contributed by atoms with Crippen molar-refractivity contribution in [1.29, 1.82) is 0 Å². The molecule has 7 atom stereocenters. The Kier molecular flexibility index (Phi) is 5.52. The van der Waals surface area contributed by atoms with Crippen LogP contribution in [0.15, 0.2) is 78.4 Å². The molecule has 0 amide bonds. The predicted molar refractivity (Wildman–Crippen MR) is 149 cm³/mol. The molecule has 3 aromatic rings. The van der Waals surface area contributed by atoms with Crippen molar-refractivity contribution >= 4 is 0 Å². The first-order valence-electron chi connectivity index (χ1n) is 14.6. The zero-order valence-electron chi connectivity index (χ0n) is 22.3. The monoisotopic (exact) mass is 492 g/mol. The summed E-state index contributed by atoms with van der Waals surface area (Å²) < 4.78 is 2.18. The molecule has 2 aromatic carbocycles. The van der Waals surface area contributed by atoms with Crippen LogP contribution in [0, 0.1) is 28.6 Å². The Morgan fingerprint density at radius 2 is 1.62 bits per heavy atom. The van der Waals surface area contributed by atoms with E-state index in [1.807, 2.05) is 0 Å². The Morgan fingerprint density at radius 1 is 0.865 bits per heavy atom. The number of fused-ring (bicyclic) bond motifs is 5. The first kappa shape index (κ1) is 23.5. The Balaban J connectivity index is 1.24. The molecule has 1 heterocycles. The molecule has 0 radical (unpaired) electrons. The lowest BCUT2D eigenvalue weighted by Gasteiger charge is -2.58. The number of aliphatic hydroxyl groups excluding tert-OH is 1. The first-order chi connectivity index (χ1) is 18.0. The number of aliphatic hydroxyl groups is 1. The summed E-state index contributed by atoms with van der Waals surface area (Å²) in [6, 6.07) is 23.8. The number of para-hydroxylation sites is 1. The maximum absolute atomic E-state index is 10.3. The molecule has 0 saturated heterocycles. The molecule has 0 bridgehead atoms. The van der Waals surface area contributed by atoms with E-state index in [1.54, 1.807) is 5.57 Å². The van der Waals surface area contributed by atoms with Crippen molar-refractivity contribution in [1.82, 2.24) is 9.78 Å². The van der Waals surface area contributed by atoms with Gasteiger partial charge in [-0.3, -0.25) is 0 Å². The maximum Gasteiger partial charge on any atom is 0.0743 e. The number of aromatic nitrogens is 2. The molecular weight excluding hydrogens is 452 g/mol. The fraction of sp³-hybridized carbons (Fsp3) is 0.500. The topological polar surface area (TPSA) is 38.0 Å². The van der Waals surface area contributed by atoms with E-state index in [0.29, 0.717) is 16.7 Å². The molecule has 192 valence electrons. The summed E-state index contributed by atoms with van der Waals surface area (Å²) in [5, 5.41) is 15.7. The molecule has 4 aliphatic carbocycles. The van der Waals surface area contributed by atoms with E-state index in [9.17, 15) is 5.11 Å². The lowest BCUT2D eigenvalue weighted by Crippen LogP contribution is -2.50. The number of nitrogens with zero attached hydrogens (tertiary/aromatic N) is 2. The second kappa shape index (κ2) is 8.70. The third-order valence-electron chi connectivity index (χ3n) is 11.2. The molecular formula is C34H40N2O. The number of allylic oxidation sites excluding steroid dienone is 1. The van der Waals surface area contributed by atoms with Crippen LogP contribution in [-0.2, 0) is 0 Å². The molecule has 7 rings (SSSR count). The van der Waals surface area contributed by atoms with Gasteiger partial charge in [0.25, 0.3) is 0 Å². The maximum atomic E-state index is 10.3. The van der Waals surface area contributed by atoms with Crippen molar-refractivity contribution in [2.45, 2.75) is 77.2 Å². The van der Waals surface area contributed by atoms with Crippen molar-refractivity contribution in [2.24, 2.45) is 28.6 Å². The van der Waals surface area contributed by atoms with Crippen molar-refractivity contribution < 1.29 is 5.11 Å². The van der Waals surface area contributed by atoms with Crippen molar-refractivity contribution in [3.8, 4) is 16.9 Å². The summed E-state index contributed by atoms with van der Waals surface area (Å²) in [6.07, 6.45) is 11.9. The Morgan fingerprint density at radius 3 is 2.41 bits per heavy atom. The zero-order valence-corrected chi connectivity index (χ0v) is 22.3. The normalized spacial score (nSPS) is 36.8. The van der Waals surface area contributed by atoms with Gasteiger partial charge in [0, 0.05) is 11.5 Å². The average molecular weight is 493 g/mol. The summed E-state index contributed by atoms with van der Waals surface area (Å²) in [6.45, 7) is 5.13. The number of benzene rings is 2. The highest BCUT2D eigenvalue weighted by Gasteiger charge is 2.59. The molecule has 37 heavy (non-hydrogen) atoms. The molecule has 0 unspecified atom stereocenters. The Hall–Kier alpha value is -2.65. The van der Waals surface area contributed by atoms with E-state index < -0.39 is 0 Å². The number of hydrogen-bond acceptors (Lipinski definition) is 2. The standard InChI is InChI=1S/C34H40N2O/c1-33-19-17-26(37)21-24(33)13-14-27-28-15-16-30(34(28,2)20-18-29(27)33)31-22-32(23-9-5-3-6-10-23)36(35-31)25-11-7-4-8-12-25/h3-13,22,26-30,37H,14-21H2,1-2H3/t26-,27-,28-,29-,30+,33-,34-/m0/s1. The number of rotatable bonds is 3. The lowest BCUT2D eigenvalue weighted by atomic mass is 9.47. The van der Waals surface area contributed by atoms with Gasteiger partial charge in [-0.05, 0) is 98.1 Å². The van der Waals surface area contributed by atoms with Crippen LogP contribution in [0.1, 0.15) is 76.8 Å². The van der Waals surface area contributed by atoms with Crippen LogP contribution in [0.5, 0.6) is 0 Å². The lowest BCUT2D eigenvalue weighted by molar-refractivity contribution is -0.0412. The van der Waals surface area contributed by atoms with E-state index in [4.69, 9.17) is 5.10 Å². The van der Waals surface area contributed by atoms with Crippen LogP contribution in [0.2, 0.25) is 0 Å². The third-order valence-corrected chi connectivity index (χ3v) is 11.2. The fourth-order valence-corrected chi connectivity index (χ4v) is 9.28. The van der Waals surface area contributed by atoms with Crippen LogP contribution in [-0.4, -0.2) is 21.0 Å². The first-order valence-corrected chi connectivity index (χ1v) is 14.6. The summed E-state index contributed by atoms with van der Waals surface area (Å²) in [5.41, 5.74) is 7.02. The van der Waals surface area contributed by atoms with Gasteiger partial charge in [-0.25, -0.2) is 4.68 Å². The Bertz CT molecular complexity index is 1250. The summed E-state index contributed by atoms with van der Waals surface area (Å²) >= 11 is 0. The molecule has 4 aliphatic rings. The van der Waals surface area contributed by atoms with Gasteiger partial charge in [0.2, 0.25) is 0 Å². The van der Waals surface area contributed by atoms with Gasteiger partial charge in [-0.2, -0.15) is 5.10 Å². The molecule has 3 saturated carbocycles. The van der Waals surface area contributed by atoms with E-state index in [2.05, 4.69) is 91.3 Å². The minimum atomic E-state index is -0.126. The highest BCUT2D eigenvalue weighted by Crippen LogP contribution is 2.68. The molecule has 0 aliphatic heterocycles. The molecule has 3 nitrogen and oxygen atoms in total. The smallest absolute Gasteiger partial charge is 0.0743 e. The Labute approximate surface area is 221 Å². The van der Waals surface area contributed by atoms with Gasteiger partial charge in [0.1, 0.15) is 0 Å². The van der Waals surface area contributed by atoms with Gasteiger partial charge >= 0.3 is 0 Å². The molecule has 3 heteroatoms. The van der Waals surface area contributed by atoms with E-state index in [0.717, 1.165) is 42.7 Å². The fourth-order valence-electron chi connectivity index (χ4n) is 9.28. The molecule has 0 spiro atoms. The van der Waals surface area contributed by atoms with Gasteiger partial charge in [0.05, 0.1) is 23.2 Å². The van der Waals surface area contributed by atoms with Gasteiger partial charge in [-0.1, -0.05) is 74.0 Å². The van der Waals surface area contributed by atoms with Crippen molar-refractivity contribution in [3.63, 3.8) is 0 Å².